The van der Waals surface area contributed by atoms with Crippen molar-refractivity contribution >= 4 is 95.4 Å². The molecule has 2 radical (unpaired) electrons. The van der Waals surface area contributed by atoms with Crippen LogP contribution in [0.25, 0.3) is 0 Å². The van der Waals surface area contributed by atoms with Crippen molar-refractivity contribution < 1.29 is 121 Å². The number of esters is 6. The Morgan fingerprint density at radius 2 is 0.638 bits per heavy atom. The molecule has 0 spiro atoms. The van der Waals surface area contributed by atoms with Gasteiger partial charge in [-0.3, -0.25) is 28.8 Å². The van der Waals surface area contributed by atoms with Crippen LogP contribution in [-0.2, 0) is 146 Å². The van der Waals surface area contributed by atoms with E-state index in [1.807, 2.05) is 0 Å². The van der Waals surface area contributed by atoms with Gasteiger partial charge in [-0.1, -0.05) is 71.8 Å². The summed E-state index contributed by atoms with van der Waals surface area (Å²) in [6.07, 6.45) is 3.05. The molecule has 2 fully saturated rings. The van der Waals surface area contributed by atoms with Gasteiger partial charge >= 0.3 is 35.8 Å². The van der Waals surface area contributed by atoms with Crippen molar-refractivity contribution in [2.45, 2.75) is 185 Å². The third-order valence-corrected chi connectivity index (χ3v) is 15.9. The first kappa shape index (κ1) is 82.1. The van der Waals surface area contributed by atoms with Crippen molar-refractivity contribution in [1.82, 2.24) is 0 Å². The van der Waals surface area contributed by atoms with E-state index in [2.05, 4.69) is 188 Å². The second-order valence-corrected chi connectivity index (χ2v) is 24.5. The summed E-state index contributed by atoms with van der Waals surface area (Å²) in [5.74, 6) is -5.21. The minimum absolute atomic E-state index is 0. The number of aryl methyl sites for hydroxylation is 10. The molecule has 0 saturated carbocycles. The number of nitrogens with zero attached hydrogens (tertiary/aromatic N) is 4. The minimum Gasteiger partial charge on any atom is -0.758 e. The van der Waals surface area contributed by atoms with Crippen LogP contribution in [0.3, 0.4) is 0 Å². The van der Waals surface area contributed by atoms with Crippen molar-refractivity contribution in [3.8, 4) is 0 Å². The maximum Gasteiger partial charge on any atom is 0.303 e. The van der Waals surface area contributed by atoms with Gasteiger partial charge < -0.3 is 92.3 Å². The van der Waals surface area contributed by atoms with Crippen LogP contribution >= 0.6 is 0 Å². The Hall–Kier alpha value is -6.18. The summed E-state index contributed by atoms with van der Waals surface area (Å²) < 4.78 is 41.8. The smallest absolute Gasteiger partial charge is 0.303 e. The summed E-state index contributed by atoms with van der Waals surface area (Å²) in [6.45, 7) is 35.6. The van der Waals surface area contributed by atoms with Crippen LogP contribution in [0.4, 0.5) is 22.7 Å². The van der Waals surface area contributed by atoms with Gasteiger partial charge in [-0.2, -0.15) is 0 Å². The van der Waals surface area contributed by atoms with Gasteiger partial charge in [0.25, 0.3) is 0 Å². The Morgan fingerprint density at radius 1 is 0.394 bits per heavy atom. The van der Waals surface area contributed by atoms with Crippen molar-refractivity contribution in [1.29, 1.82) is 0 Å². The molecule has 0 N–H and O–H groups in total. The van der Waals surface area contributed by atoms with Crippen LogP contribution in [0.15, 0.2) is 85.5 Å². The number of hydrogen-bond donors (Lipinski definition) is 0. The van der Waals surface area contributed by atoms with Gasteiger partial charge in [0.1, 0.15) is 61.4 Å². The van der Waals surface area contributed by atoms with Crippen LogP contribution in [-0.4, -0.2) is 108 Å². The SMILES string of the molecule is CC(=O)CC1C(OC(C)=O)C([S-])OC(COC(C)=O)C1OC(C)=O.CC(=O)CC1C(OC(C)=O)C([S-])OC(COC(C)=O)C1OC(C)=O.Cc1cc(C)c(N2C=CN(c3c(C)cc(C)cc3C)[CH-]2)c(C)c1.Cc1cccc(C)c1N1C=CN(c2c(C)cccc2C)[CH-]1.[Au].[Au]. The average Bonchev–Trinajstić information content (AvgIpc) is 1.18. The second-order valence-electron chi connectivity index (χ2n) is 23.6. The Morgan fingerprint density at radius 3 is 0.872 bits per heavy atom. The molecule has 24 heteroatoms. The number of carbonyl (C=O) groups excluding carboxylic acids is 8. The fourth-order valence-electron chi connectivity index (χ4n) is 12.0. The number of Topliss-reactive ketones (excluding diaryl/α,β-unsaturated/α-hetero) is 2. The molecule has 94 heavy (non-hydrogen) atoms. The first-order valence-corrected chi connectivity index (χ1v) is 31.2. The summed E-state index contributed by atoms with van der Waals surface area (Å²) in [6, 6.07) is 21.8. The number of carbonyl (C=O) groups is 8. The molecule has 2 saturated heterocycles. The largest absolute Gasteiger partial charge is 0.758 e. The number of rotatable bonds is 16. The predicted molar refractivity (Wildman–Crippen MR) is 355 cm³/mol. The van der Waals surface area contributed by atoms with Crippen molar-refractivity contribution in [2.24, 2.45) is 11.8 Å². The van der Waals surface area contributed by atoms with Gasteiger partial charge in [-0.05, 0) is 163 Å². The fourth-order valence-corrected chi connectivity index (χ4v) is 12.8. The van der Waals surface area contributed by atoms with Crippen molar-refractivity contribution in [3.05, 3.63) is 154 Å². The topological polar surface area (TPSA) is 223 Å². The summed E-state index contributed by atoms with van der Waals surface area (Å²) in [5, 5.41) is 0. The molecular weight excluding hydrogens is 1610 g/mol. The van der Waals surface area contributed by atoms with Gasteiger partial charge in [0.15, 0.2) is 0 Å². The van der Waals surface area contributed by atoms with E-state index in [1.165, 1.54) is 134 Å². The number of ether oxygens (including phenoxy) is 8. The molecule has 8 rings (SSSR count). The maximum atomic E-state index is 11.6. The molecule has 10 atom stereocenters. The van der Waals surface area contributed by atoms with E-state index < -0.39 is 95.1 Å². The molecule has 0 bridgehead atoms. The van der Waals surface area contributed by atoms with Crippen LogP contribution in [0.2, 0.25) is 0 Å². The molecule has 4 aromatic rings. The number of anilines is 4. The second kappa shape index (κ2) is 37.9. The first-order chi connectivity index (χ1) is 43.2. The summed E-state index contributed by atoms with van der Waals surface area (Å²) in [7, 11) is 0. The van der Waals surface area contributed by atoms with Gasteiger partial charge in [0.05, 0.1) is 0 Å². The molecule has 4 aliphatic heterocycles. The van der Waals surface area contributed by atoms with Crippen LogP contribution in [0, 0.1) is 94.4 Å². The minimum atomic E-state index is -0.967. The molecule has 20 nitrogen and oxygen atoms in total. The van der Waals surface area contributed by atoms with E-state index in [4.69, 9.17) is 63.2 Å². The van der Waals surface area contributed by atoms with E-state index in [0.717, 1.165) is 0 Å². The summed E-state index contributed by atoms with van der Waals surface area (Å²) >= 11 is 10.4. The van der Waals surface area contributed by atoms with Crippen molar-refractivity contribution in [2.75, 3.05) is 32.8 Å². The van der Waals surface area contributed by atoms with Crippen LogP contribution in [0.5, 0.6) is 0 Å². The van der Waals surface area contributed by atoms with E-state index >= 15 is 0 Å². The van der Waals surface area contributed by atoms with E-state index in [9.17, 15) is 38.4 Å². The standard InChI is InChI=1S/C21H25N2.C19H21N2.2C15H22O8S.2Au/c1-14-9-16(3)20(17(4)10-14)22-7-8-23(13-22)21-18(5)11-15(2)12-19(21)6;1-14-7-5-8-15(2)18(14)20-11-12-21(13-20)19-16(3)9-6-10-17(19)4;2*1-7(16)5-11-13(21-9(3)18)12(6-20-8(2)17)23-15(24)14(11)22-10(4)19;;/h7-13H,1-6H3;5-13H,1-4H3;2*11-15,24H,5-6H2,1-4H3;;/q2*-1;;;;/p-2. The maximum absolute atomic E-state index is 11.6. The Kier molecular flexibility index (Phi) is 33.1. The number of para-hydroxylation sites is 2. The number of benzene rings is 4. The molecule has 4 aromatic carbocycles. The number of hydrogen-bond acceptors (Lipinski definition) is 22. The molecule has 0 aromatic heterocycles. The molecular formula is C70H88Au2N4O16S2-4. The molecule has 0 aliphatic carbocycles. The Balaban J connectivity index is 0.000000325. The third kappa shape index (κ3) is 23.6. The Bertz CT molecular complexity index is 3100. The van der Waals surface area contributed by atoms with Crippen LogP contribution < -0.4 is 19.6 Å². The fraction of sp³-hybridized carbons (Fsp3) is 0.457. The van der Waals surface area contributed by atoms with Gasteiger partial charge in [-0.15, -0.1) is 13.3 Å². The monoisotopic (exact) mass is 1700 g/mol. The van der Waals surface area contributed by atoms with Crippen molar-refractivity contribution in [3.63, 3.8) is 0 Å². The zero-order valence-corrected chi connectivity index (χ0v) is 62.5. The molecule has 0 amide bonds. The van der Waals surface area contributed by atoms with E-state index in [-0.39, 0.29) is 82.4 Å². The van der Waals surface area contributed by atoms with E-state index in [0.29, 0.717) is 0 Å². The normalized spacial score (nSPS) is 21.6. The third-order valence-electron chi connectivity index (χ3n) is 15.2. The first-order valence-electron chi connectivity index (χ1n) is 30.2. The predicted octanol–water partition coefficient (Wildman–Crippen LogP) is 10.8. The van der Waals surface area contributed by atoms with Gasteiger partial charge in [-0.25, -0.2) is 0 Å². The average molecular weight is 1700 g/mol. The van der Waals surface area contributed by atoms with Gasteiger partial charge in [0.2, 0.25) is 0 Å². The molecule has 4 heterocycles. The summed E-state index contributed by atoms with van der Waals surface area (Å²) in [5.41, 5.74) is 16.2. The van der Waals surface area contributed by atoms with Crippen LogP contribution in [0.1, 0.15) is 124 Å². The molecule has 522 valence electrons. The van der Waals surface area contributed by atoms with Gasteiger partial charge in [0, 0.05) is 134 Å². The summed E-state index contributed by atoms with van der Waals surface area (Å²) in [4.78, 5) is 99.7. The molecule has 4 aliphatic rings. The molecule has 10 unspecified atom stereocenters. The quantitative estimate of drug-likeness (QED) is 0.0334. The van der Waals surface area contributed by atoms with E-state index in [1.54, 1.807) is 0 Å². The zero-order chi connectivity index (χ0) is 68.6. The Labute approximate surface area is 596 Å². The number of ketones is 2. The zero-order valence-electron chi connectivity index (χ0n) is 56.6.